The van der Waals surface area contributed by atoms with Crippen molar-refractivity contribution >= 4 is 28.1 Å². The monoisotopic (exact) mass is 432 g/mol. The van der Waals surface area contributed by atoms with Crippen LogP contribution in [0.3, 0.4) is 0 Å². The maximum Gasteiger partial charge on any atom is 0.277 e. The zero-order chi connectivity index (χ0) is 19.6. The normalized spacial score (nSPS) is 10.8. The Kier molecular flexibility index (Phi) is 8.33. The molecule has 2 aromatic carbocycles. The SMILES string of the molecule is CCCCOc1ccc(Br)cc1C=NNC(=O)COc1cc(C)ccc1C. The third-order valence-electron chi connectivity index (χ3n) is 3.82. The van der Waals surface area contributed by atoms with Crippen molar-refractivity contribution in [1.82, 2.24) is 5.43 Å². The number of carbonyl (C=O) groups excluding carboxylic acids is 1. The third-order valence-corrected chi connectivity index (χ3v) is 4.32. The summed E-state index contributed by atoms with van der Waals surface area (Å²) in [6.45, 7) is 6.59. The molecule has 5 nitrogen and oxygen atoms in total. The van der Waals surface area contributed by atoms with E-state index in [-0.39, 0.29) is 12.5 Å². The topological polar surface area (TPSA) is 59.9 Å². The number of nitrogens with one attached hydrogen (secondary N) is 1. The standard InChI is InChI=1S/C21H25BrN2O3/c1-4-5-10-26-19-9-8-18(22)12-17(19)13-23-24-21(25)14-27-20-11-15(2)6-7-16(20)3/h6-9,11-13H,4-5,10,14H2,1-3H3,(H,24,25). The Labute approximate surface area is 168 Å². The summed E-state index contributed by atoms with van der Waals surface area (Å²) in [7, 11) is 0. The van der Waals surface area contributed by atoms with Crippen LogP contribution in [0.5, 0.6) is 11.5 Å². The lowest BCUT2D eigenvalue weighted by molar-refractivity contribution is -0.123. The minimum absolute atomic E-state index is 0.0972. The van der Waals surface area contributed by atoms with E-state index < -0.39 is 0 Å². The zero-order valence-electron chi connectivity index (χ0n) is 15.9. The van der Waals surface area contributed by atoms with Gasteiger partial charge in [0.2, 0.25) is 0 Å². The molecular formula is C21H25BrN2O3. The summed E-state index contributed by atoms with van der Waals surface area (Å²) in [6.07, 6.45) is 3.62. The number of rotatable bonds is 9. The molecule has 0 unspecified atom stereocenters. The number of hydrogen-bond donors (Lipinski definition) is 1. The van der Waals surface area contributed by atoms with E-state index in [9.17, 15) is 4.79 Å². The second kappa shape index (κ2) is 10.7. The fraction of sp³-hybridized carbons (Fsp3) is 0.333. The van der Waals surface area contributed by atoms with Gasteiger partial charge in [-0.15, -0.1) is 0 Å². The summed E-state index contributed by atoms with van der Waals surface area (Å²) in [6, 6.07) is 11.6. The highest BCUT2D eigenvalue weighted by atomic mass is 79.9. The van der Waals surface area contributed by atoms with E-state index in [2.05, 4.69) is 33.4 Å². The molecule has 0 heterocycles. The van der Waals surface area contributed by atoms with Crippen molar-refractivity contribution in [3.05, 3.63) is 57.6 Å². The molecule has 2 aromatic rings. The van der Waals surface area contributed by atoms with Gasteiger partial charge in [0, 0.05) is 10.0 Å². The van der Waals surface area contributed by atoms with Crippen LogP contribution >= 0.6 is 15.9 Å². The molecule has 0 fully saturated rings. The van der Waals surface area contributed by atoms with Gasteiger partial charge in [0.05, 0.1) is 12.8 Å². The number of benzene rings is 2. The van der Waals surface area contributed by atoms with Crippen LogP contribution in [0.2, 0.25) is 0 Å². The summed E-state index contributed by atoms with van der Waals surface area (Å²) in [5.74, 6) is 1.11. The smallest absolute Gasteiger partial charge is 0.277 e. The number of aryl methyl sites for hydroxylation is 2. The fourth-order valence-electron chi connectivity index (χ4n) is 2.29. The summed E-state index contributed by atoms with van der Waals surface area (Å²) in [5.41, 5.74) is 5.34. The minimum atomic E-state index is -0.324. The Bertz CT molecular complexity index is 806. The van der Waals surface area contributed by atoms with Crippen LogP contribution in [0.4, 0.5) is 0 Å². The first-order chi connectivity index (χ1) is 13.0. The molecule has 0 atom stereocenters. The van der Waals surface area contributed by atoms with Gasteiger partial charge in [-0.05, 0) is 55.7 Å². The lowest BCUT2D eigenvalue weighted by Crippen LogP contribution is -2.24. The number of nitrogens with zero attached hydrogens (tertiary/aromatic N) is 1. The molecule has 0 aliphatic heterocycles. The first-order valence-electron chi connectivity index (χ1n) is 8.94. The van der Waals surface area contributed by atoms with Gasteiger partial charge in [0.25, 0.3) is 5.91 Å². The first-order valence-corrected chi connectivity index (χ1v) is 9.73. The van der Waals surface area contributed by atoms with Crippen LogP contribution in [-0.4, -0.2) is 25.3 Å². The van der Waals surface area contributed by atoms with Crippen molar-refractivity contribution in [2.75, 3.05) is 13.2 Å². The zero-order valence-corrected chi connectivity index (χ0v) is 17.5. The predicted molar refractivity (Wildman–Crippen MR) is 112 cm³/mol. The average Bonchev–Trinajstić information content (AvgIpc) is 2.64. The summed E-state index contributed by atoms with van der Waals surface area (Å²) in [4.78, 5) is 12.0. The van der Waals surface area contributed by atoms with E-state index in [0.29, 0.717) is 12.4 Å². The highest BCUT2D eigenvalue weighted by molar-refractivity contribution is 9.10. The van der Waals surface area contributed by atoms with Crippen molar-refractivity contribution in [2.45, 2.75) is 33.6 Å². The van der Waals surface area contributed by atoms with Crippen molar-refractivity contribution < 1.29 is 14.3 Å². The molecule has 1 amide bonds. The second-order valence-corrected chi connectivity index (χ2v) is 7.15. The molecule has 0 aliphatic rings. The Hall–Kier alpha value is -2.34. The number of hydrazone groups is 1. The first kappa shape index (κ1) is 21.0. The lowest BCUT2D eigenvalue weighted by atomic mass is 10.1. The fourth-order valence-corrected chi connectivity index (χ4v) is 2.67. The number of ether oxygens (including phenoxy) is 2. The number of carbonyl (C=O) groups is 1. The van der Waals surface area contributed by atoms with E-state index in [1.165, 1.54) is 0 Å². The van der Waals surface area contributed by atoms with Gasteiger partial charge in [-0.3, -0.25) is 4.79 Å². The molecule has 0 aromatic heterocycles. The Morgan fingerprint density at radius 3 is 2.74 bits per heavy atom. The van der Waals surface area contributed by atoms with Crippen LogP contribution in [-0.2, 0) is 4.79 Å². The van der Waals surface area contributed by atoms with E-state index >= 15 is 0 Å². The molecule has 144 valence electrons. The summed E-state index contributed by atoms with van der Waals surface area (Å²) in [5, 5.41) is 4.02. The molecule has 2 rings (SSSR count). The molecule has 0 radical (unpaired) electrons. The predicted octanol–water partition coefficient (Wildman–Crippen LogP) is 4.77. The quantitative estimate of drug-likeness (QED) is 0.352. The Morgan fingerprint density at radius 2 is 1.96 bits per heavy atom. The number of halogens is 1. The molecule has 6 heteroatoms. The maximum absolute atomic E-state index is 12.0. The molecule has 1 N–H and O–H groups in total. The molecule has 0 saturated heterocycles. The molecule has 0 spiro atoms. The van der Waals surface area contributed by atoms with Crippen LogP contribution < -0.4 is 14.9 Å². The van der Waals surface area contributed by atoms with Crippen molar-refractivity contribution in [3.63, 3.8) is 0 Å². The average molecular weight is 433 g/mol. The second-order valence-electron chi connectivity index (χ2n) is 6.23. The van der Waals surface area contributed by atoms with Gasteiger partial charge in [0.15, 0.2) is 6.61 Å². The molecule has 0 aliphatic carbocycles. The van der Waals surface area contributed by atoms with Gasteiger partial charge < -0.3 is 9.47 Å². The van der Waals surface area contributed by atoms with Crippen LogP contribution in [0.1, 0.15) is 36.5 Å². The third kappa shape index (κ3) is 7.06. The Morgan fingerprint density at radius 1 is 1.15 bits per heavy atom. The van der Waals surface area contributed by atoms with Gasteiger partial charge in [0.1, 0.15) is 11.5 Å². The number of hydrogen-bond acceptors (Lipinski definition) is 4. The lowest BCUT2D eigenvalue weighted by Gasteiger charge is -2.10. The van der Waals surface area contributed by atoms with Crippen LogP contribution in [0.15, 0.2) is 46.0 Å². The van der Waals surface area contributed by atoms with Crippen molar-refractivity contribution in [3.8, 4) is 11.5 Å². The number of unbranched alkanes of at least 4 members (excludes halogenated alkanes) is 1. The largest absolute Gasteiger partial charge is 0.493 e. The number of amides is 1. The van der Waals surface area contributed by atoms with E-state index in [1.54, 1.807) is 6.21 Å². The van der Waals surface area contributed by atoms with E-state index in [1.807, 2.05) is 50.2 Å². The van der Waals surface area contributed by atoms with E-state index in [0.717, 1.165) is 39.8 Å². The summed E-state index contributed by atoms with van der Waals surface area (Å²) < 4.78 is 12.3. The summed E-state index contributed by atoms with van der Waals surface area (Å²) >= 11 is 3.44. The van der Waals surface area contributed by atoms with Gasteiger partial charge in [-0.1, -0.05) is 41.4 Å². The maximum atomic E-state index is 12.0. The molecule has 0 saturated carbocycles. The molecular weight excluding hydrogens is 408 g/mol. The van der Waals surface area contributed by atoms with Crippen molar-refractivity contribution in [1.29, 1.82) is 0 Å². The van der Waals surface area contributed by atoms with Crippen LogP contribution in [0, 0.1) is 13.8 Å². The molecule has 27 heavy (non-hydrogen) atoms. The Balaban J connectivity index is 1.91. The molecule has 0 bridgehead atoms. The highest BCUT2D eigenvalue weighted by Gasteiger charge is 2.06. The van der Waals surface area contributed by atoms with Crippen LogP contribution in [0.25, 0.3) is 0 Å². The van der Waals surface area contributed by atoms with Gasteiger partial charge in [-0.25, -0.2) is 5.43 Å². The van der Waals surface area contributed by atoms with Crippen molar-refractivity contribution in [2.24, 2.45) is 5.10 Å². The highest BCUT2D eigenvalue weighted by Crippen LogP contribution is 2.22. The minimum Gasteiger partial charge on any atom is -0.493 e. The van der Waals surface area contributed by atoms with E-state index in [4.69, 9.17) is 9.47 Å². The van der Waals surface area contributed by atoms with Gasteiger partial charge >= 0.3 is 0 Å². The van der Waals surface area contributed by atoms with Gasteiger partial charge in [-0.2, -0.15) is 5.10 Å².